The summed E-state index contributed by atoms with van der Waals surface area (Å²) in [5.74, 6) is 0.601. The third kappa shape index (κ3) is 2.89. The maximum Gasteiger partial charge on any atom is 0.267 e. The van der Waals surface area contributed by atoms with E-state index in [1.54, 1.807) is 0 Å². The van der Waals surface area contributed by atoms with Gasteiger partial charge in [0.2, 0.25) is 0 Å². The third-order valence-corrected chi connectivity index (χ3v) is 5.40. The molecule has 0 radical (unpaired) electrons. The lowest BCUT2D eigenvalue weighted by Crippen LogP contribution is -2.57. The normalized spacial score (nSPS) is 26.2. The molecule has 3 fully saturated rings. The summed E-state index contributed by atoms with van der Waals surface area (Å²) < 4.78 is 0. The number of hydrogen-bond acceptors (Lipinski definition) is 2. The number of aromatic nitrogens is 1. The average molecular weight is 330 g/mol. The highest BCUT2D eigenvalue weighted by molar-refractivity contribution is 6.33. The van der Waals surface area contributed by atoms with Crippen LogP contribution in [-0.2, 0) is 0 Å². The molecular weight excluding hydrogens is 310 g/mol. The van der Waals surface area contributed by atoms with Crippen LogP contribution in [-0.4, -0.2) is 41.5 Å². The fourth-order valence-electron chi connectivity index (χ4n) is 3.74. The molecule has 4 heterocycles. The summed E-state index contributed by atoms with van der Waals surface area (Å²) in [7, 11) is 0. The number of rotatable bonds is 3. The molecule has 3 aliphatic heterocycles. The first-order chi connectivity index (χ1) is 11.2. The Labute approximate surface area is 140 Å². The van der Waals surface area contributed by atoms with E-state index in [9.17, 15) is 4.79 Å². The van der Waals surface area contributed by atoms with E-state index in [-0.39, 0.29) is 11.9 Å². The highest BCUT2D eigenvalue weighted by Gasteiger charge is 2.35. The molecule has 5 rings (SSSR count). The van der Waals surface area contributed by atoms with Crippen molar-refractivity contribution in [3.8, 4) is 11.3 Å². The van der Waals surface area contributed by atoms with E-state index in [0.29, 0.717) is 16.6 Å². The zero-order valence-electron chi connectivity index (χ0n) is 12.9. The van der Waals surface area contributed by atoms with Crippen LogP contribution in [0.5, 0.6) is 0 Å². The highest BCUT2D eigenvalue weighted by atomic mass is 35.5. The molecule has 1 unspecified atom stereocenters. The molecule has 2 aromatic rings. The number of benzene rings is 1. The van der Waals surface area contributed by atoms with Gasteiger partial charge < -0.3 is 15.2 Å². The summed E-state index contributed by atoms with van der Waals surface area (Å²) in [6, 6.07) is 11.7. The number of fused-ring (bicyclic) bond motifs is 3. The van der Waals surface area contributed by atoms with Gasteiger partial charge >= 0.3 is 0 Å². The van der Waals surface area contributed by atoms with Crippen molar-refractivity contribution in [1.82, 2.24) is 15.2 Å². The first kappa shape index (κ1) is 14.8. The Hall–Kier alpha value is -1.78. The number of aromatic amines is 1. The van der Waals surface area contributed by atoms with E-state index in [2.05, 4.69) is 15.2 Å². The number of carbonyl (C=O) groups excluding carboxylic acids is 1. The van der Waals surface area contributed by atoms with E-state index >= 15 is 0 Å². The number of nitrogens with zero attached hydrogens (tertiary/aromatic N) is 1. The zero-order chi connectivity index (χ0) is 15.8. The second kappa shape index (κ2) is 6.02. The van der Waals surface area contributed by atoms with Crippen molar-refractivity contribution < 1.29 is 4.79 Å². The number of carbonyl (C=O) groups is 1. The van der Waals surface area contributed by atoms with Crippen molar-refractivity contribution in [3.63, 3.8) is 0 Å². The number of piperidine rings is 3. The highest BCUT2D eigenvalue weighted by Crippen LogP contribution is 2.29. The molecule has 1 atom stereocenters. The summed E-state index contributed by atoms with van der Waals surface area (Å²) in [6.07, 6.45) is 2.39. The van der Waals surface area contributed by atoms with Gasteiger partial charge in [-0.25, -0.2) is 0 Å². The number of halogens is 1. The van der Waals surface area contributed by atoms with Gasteiger partial charge in [-0.3, -0.25) is 4.79 Å². The summed E-state index contributed by atoms with van der Waals surface area (Å²) >= 11 is 6.22. The van der Waals surface area contributed by atoms with Gasteiger partial charge in [0.1, 0.15) is 5.69 Å². The SMILES string of the molecule is O=C(NC1CN2CCC1CC2)c1ccc(-c2ccccc2Cl)[nH]1. The molecule has 1 amide bonds. The molecule has 2 bridgehead atoms. The minimum atomic E-state index is -0.0259. The summed E-state index contributed by atoms with van der Waals surface area (Å²) in [5.41, 5.74) is 2.38. The molecule has 120 valence electrons. The lowest BCUT2D eigenvalue weighted by atomic mass is 9.84. The van der Waals surface area contributed by atoms with Crippen molar-refractivity contribution in [2.45, 2.75) is 18.9 Å². The minimum Gasteiger partial charge on any atom is -0.351 e. The molecule has 1 aromatic heterocycles. The molecular formula is C18H20ClN3O. The van der Waals surface area contributed by atoms with Crippen molar-refractivity contribution in [1.29, 1.82) is 0 Å². The van der Waals surface area contributed by atoms with Crippen LogP contribution in [0.2, 0.25) is 5.02 Å². The quantitative estimate of drug-likeness (QED) is 0.908. The molecule has 5 heteroatoms. The van der Waals surface area contributed by atoms with Crippen LogP contribution in [0.3, 0.4) is 0 Å². The van der Waals surface area contributed by atoms with Crippen molar-refractivity contribution in [3.05, 3.63) is 47.1 Å². The average Bonchev–Trinajstić information content (AvgIpc) is 3.06. The van der Waals surface area contributed by atoms with Gasteiger partial charge in [-0.1, -0.05) is 29.8 Å². The van der Waals surface area contributed by atoms with Crippen molar-refractivity contribution in [2.75, 3.05) is 19.6 Å². The first-order valence-corrected chi connectivity index (χ1v) is 8.55. The minimum absolute atomic E-state index is 0.0259. The second-order valence-corrected chi connectivity index (χ2v) is 6.89. The van der Waals surface area contributed by atoms with Gasteiger partial charge in [0, 0.05) is 28.9 Å². The van der Waals surface area contributed by atoms with Gasteiger partial charge in [-0.15, -0.1) is 0 Å². The van der Waals surface area contributed by atoms with E-state index in [1.807, 2.05) is 36.4 Å². The number of H-pyrrole nitrogens is 1. The van der Waals surface area contributed by atoms with Gasteiger partial charge in [0.25, 0.3) is 5.91 Å². The Kier molecular flexibility index (Phi) is 3.87. The number of nitrogens with one attached hydrogen (secondary N) is 2. The number of hydrogen-bond donors (Lipinski definition) is 2. The van der Waals surface area contributed by atoms with Gasteiger partial charge in [-0.05, 0) is 50.0 Å². The van der Waals surface area contributed by atoms with Crippen LogP contribution in [0.15, 0.2) is 36.4 Å². The fraction of sp³-hybridized carbons (Fsp3) is 0.389. The number of amides is 1. The molecule has 2 N–H and O–H groups in total. The molecule has 23 heavy (non-hydrogen) atoms. The molecule has 3 aliphatic rings. The Morgan fingerprint density at radius 2 is 1.96 bits per heavy atom. The fourth-order valence-corrected chi connectivity index (χ4v) is 3.98. The van der Waals surface area contributed by atoms with Gasteiger partial charge in [-0.2, -0.15) is 0 Å². The molecule has 4 nitrogen and oxygen atoms in total. The lowest BCUT2D eigenvalue weighted by Gasteiger charge is -2.44. The Bertz CT molecular complexity index is 719. The van der Waals surface area contributed by atoms with E-state index in [1.165, 1.54) is 25.9 Å². The van der Waals surface area contributed by atoms with Crippen molar-refractivity contribution >= 4 is 17.5 Å². The largest absolute Gasteiger partial charge is 0.351 e. The third-order valence-electron chi connectivity index (χ3n) is 5.07. The monoisotopic (exact) mass is 329 g/mol. The van der Waals surface area contributed by atoms with E-state index in [4.69, 9.17) is 11.6 Å². The second-order valence-electron chi connectivity index (χ2n) is 6.48. The lowest BCUT2D eigenvalue weighted by molar-refractivity contribution is 0.0618. The maximum atomic E-state index is 12.5. The Balaban J connectivity index is 1.48. The summed E-state index contributed by atoms with van der Waals surface area (Å²) in [6.45, 7) is 3.33. The molecule has 1 aromatic carbocycles. The predicted molar refractivity (Wildman–Crippen MR) is 91.7 cm³/mol. The van der Waals surface area contributed by atoms with Crippen LogP contribution < -0.4 is 5.32 Å². The van der Waals surface area contributed by atoms with Crippen LogP contribution in [0, 0.1) is 5.92 Å². The Morgan fingerprint density at radius 3 is 2.65 bits per heavy atom. The van der Waals surface area contributed by atoms with Crippen molar-refractivity contribution in [2.24, 2.45) is 5.92 Å². The topological polar surface area (TPSA) is 48.1 Å². The maximum absolute atomic E-state index is 12.5. The van der Waals surface area contributed by atoms with Crippen LogP contribution in [0.25, 0.3) is 11.3 Å². The van der Waals surface area contributed by atoms with Crippen LogP contribution in [0.1, 0.15) is 23.3 Å². The molecule has 0 aliphatic carbocycles. The standard InChI is InChI=1S/C18H20ClN3O/c19-14-4-2-1-3-13(14)15-5-6-16(20-15)18(23)21-17-11-22-9-7-12(17)8-10-22/h1-6,12,17,20H,7-11H2,(H,21,23). The summed E-state index contributed by atoms with van der Waals surface area (Å²) in [5, 5.41) is 3.88. The van der Waals surface area contributed by atoms with Gasteiger partial charge in [0.05, 0.1) is 0 Å². The van der Waals surface area contributed by atoms with Crippen LogP contribution in [0.4, 0.5) is 0 Å². The smallest absolute Gasteiger partial charge is 0.267 e. The predicted octanol–water partition coefficient (Wildman–Crippen LogP) is 3.16. The van der Waals surface area contributed by atoms with Gasteiger partial charge in [0.15, 0.2) is 0 Å². The molecule has 0 spiro atoms. The molecule has 0 saturated carbocycles. The van der Waals surface area contributed by atoms with E-state index in [0.717, 1.165) is 17.8 Å². The summed E-state index contributed by atoms with van der Waals surface area (Å²) in [4.78, 5) is 18.2. The first-order valence-electron chi connectivity index (χ1n) is 8.18. The van der Waals surface area contributed by atoms with Crippen LogP contribution >= 0.6 is 11.6 Å². The zero-order valence-corrected chi connectivity index (χ0v) is 13.6. The molecule has 3 saturated heterocycles. The Morgan fingerprint density at radius 1 is 1.17 bits per heavy atom. The van der Waals surface area contributed by atoms with E-state index < -0.39 is 0 Å².